The Bertz CT molecular complexity index is 1130. The molecule has 1 aliphatic rings. The Balaban J connectivity index is 1.44. The number of aryl methyl sites for hydroxylation is 1. The van der Waals surface area contributed by atoms with Crippen LogP contribution in [0.2, 0.25) is 0 Å². The lowest BCUT2D eigenvalue weighted by molar-refractivity contribution is 0.0954. The first kappa shape index (κ1) is 19.8. The van der Waals surface area contributed by atoms with E-state index in [1.807, 2.05) is 24.7 Å². The molecule has 0 unspecified atom stereocenters. The smallest absolute Gasteiger partial charge is 0.251 e. The molecule has 2 aromatic heterocycles. The standard InChI is InChI=1S/C20H22N4O3S2/c1-23-13-15(12-22-23)5-8-21-20(25)16-3-2-4-18(11-16)29(26,27)24-9-6-19-17(14-24)7-10-28-19/h2-4,7,10-13H,5-6,8-9,14H2,1H3,(H,21,25). The van der Waals surface area contributed by atoms with Crippen LogP contribution in [0, 0.1) is 0 Å². The summed E-state index contributed by atoms with van der Waals surface area (Å²) in [5.41, 5.74) is 2.43. The maximum absolute atomic E-state index is 13.1. The van der Waals surface area contributed by atoms with Crippen molar-refractivity contribution in [1.82, 2.24) is 19.4 Å². The number of fused-ring (bicyclic) bond motifs is 1. The lowest BCUT2D eigenvalue weighted by Crippen LogP contribution is -2.35. The van der Waals surface area contributed by atoms with Gasteiger partial charge < -0.3 is 5.32 Å². The van der Waals surface area contributed by atoms with Gasteiger partial charge in [-0.15, -0.1) is 11.3 Å². The summed E-state index contributed by atoms with van der Waals surface area (Å²) in [4.78, 5) is 13.9. The third kappa shape index (κ3) is 4.26. The average molecular weight is 431 g/mol. The number of nitrogens with one attached hydrogen (secondary N) is 1. The van der Waals surface area contributed by atoms with E-state index in [-0.39, 0.29) is 10.8 Å². The van der Waals surface area contributed by atoms with Gasteiger partial charge in [0.2, 0.25) is 10.0 Å². The molecule has 0 radical (unpaired) electrons. The van der Waals surface area contributed by atoms with Crippen molar-refractivity contribution in [2.75, 3.05) is 13.1 Å². The van der Waals surface area contributed by atoms with E-state index in [1.54, 1.807) is 40.4 Å². The van der Waals surface area contributed by atoms with Crippen LogP contribution in [0.1, 0.15) is 26.4 Å². The second-order valence-electron chi connectivity index (χ2n) is 7.01. The summed E-state index contributed by atoms with van der Waals surface area (Å²) >= 11 is 1.67. The molecule has 1 N–H and O–H groups in total. The number of benzene rings is 1. The number of nitrogens with zero attached hydrogens (tertiary/aromatic N) is 3. The summed E-state index contributed by atoms with van der Waals surface area (Å²) < 4.78 is 29.4. The largest absolute Gasteiger partial charge is 0.352 e. The van der Waals surface area contributed by atoms with Crippen molar-refractivity contribution in [3.63, 3.8) is 0 Å². The Kier molecular flexibility index (Phi) is 5.53. The molecular formula is C20H22N4O3S2. The molecule has 0 spiro atoms. The maximum Gasteiger partial charge on any atom is 0.251 e. The van der Waals surface area contributed by atoms with E-state index in [0.29, 0.717) is 31.6 Å². The number of sulfonamides is 1. The summed E-state index contributed by atoms with van der Waals surface area (Å²) in [5, 5.41) is 8.94. The van der Waals surface area contributed by atoms with E-state index in [0.717, 1.165) is 17.5 Å². The van der Waals surface area contributed by atoms with Crippen LogP contribution in [0.25, 0.3) is 0 Å². The molecule has 152 valence electrons. The van der Waals surface area contributed by atoms with Gasteiger partial charge in [0.25, 0.3) is 5.91 Å². The Morgan fingerprint density at radius 2 is 2.17 bits per heavy atom. The fraction of sp³-hybridized carbons (Fsp3) is 0.300. The second kappa shape index (κ2) is 8.10. The zero-order valence-corrected chi connectivity index (χ0v) is 17.7. The molecule has 0 saturated heterocycles. The number of aromatic nitrogens is 2. The van der Waals surface area contributed by atoms with Gasteiger partial charge in [-0.2, -0.15) is 9.40 Å². The van der Waals surface area contributed by atoms with Crippen LogP contribution in [0.4, 0.5) is 0 Å². The molecular weight excluding hydrogens is 408 g/mol. The first-order chi connectivity index (χ1) is 13.9. The van der Waals surface area contributed by atoms with Gasteiger partial charge in [0, 0.05) is 43.3 Å². The molecule has 1 aliphatic heterocycles. The van der Waals surface area contributed by atoms with E-state index in [9.17, 15) is 13.2 Å². The van der Waals surface area contributed by atoms with Gasteiger partial charge in [-0.25, -0.2) is 8.42 Å². The highest BCUT2D eigenvalue weighted by Crippen LogP contribution is 2.28. The Morgan fingerprint density at radius 1 is 1.31 bits per heavy atom. The molecule has 3 aromatic rings. The minimum atomic E-state index is -3.65. The number of carbonyl (C=O) groups is 1. The van der Waals surface area contributed by atoms with E-state index < -0.39 is 10.0 Å². The van der Waals surface area contributed by atoms with Gasteiger partial charge >= 0.3 is 0 Å². The molecule has 29 heavy (non-hydrogen) atoms. The summed E-state index contributed by atoms with van der Waals surface area (Å²) in [5.74, 6) is -0.287. The Labute approximate surface area is 174 Å². The summed E-state index contributed by atoms with van der Waals surface area (Å²) in [7, 11) is -1.81. The number of hydrogen-bond donors (Lipinski definition) is 1. The van der Waals surface area contributed by atoms with Crippen LogP contribution >= 0.6 is 11.3 Å². The van der Waals surface area contributed by atoms with Gasteiger partial charge in [-0.05, 0) is 53.6 Å². The highest BCUT2D eigenvalue weighted by atomic mass is 32.2. The summed E-state index contributed by atoms with van der Waals surface area (Å²) in [6.07, 6.45) is 5.04. The van der Waals surface area contributed by atoms with E-state index >= 15 is 0 Å². The minimum Gasteiger partial charge on any atom is -0.352 e. The van der Waals surface area contributed by atoms with Gasteiger partial charge in [-0.1, -0.05) is 6.07 Å². The fourth-order valence-corrected chi connectivity index (χ4v) is 5.75. The Morgan fingerprint density at radius 3 is 2.97 bits per heavy atom. The molecule has 0 fully saturated rings. The zero-order valence-electron chi connectivity index (χ0n) is 16.0. The Hall–Kier alpha value is -2.49. The molecule has 0 aliphatic carbocycles. The van der Waals surface area contributed by atoms with Crippen molar-refractivity contribution >= 4 is 27.3 Å². The van der Waals surface area contributed by atoms with Crippen molar-refractivity contribution < 1.29 is 13.2 Å². The number of hydrogen-bond acceptors (Lipinski definition) is 5. The number of amides is 1. The van der Waals surface area contributed by atoms with Gasteiger partial charge in [0.05, 0.1) is 11.1 Å². The molecule has 1 amide bonds. The average Bonchev–Trinajstić information content (AvgIpc) is 3.36. The number of rotatable bonds is 6. The van der Waals surface area contributed by atoms with Crippen molar-refractivity contribution in [2.45, 2.75) is 24.3 Å². The molecule has 7 nitrogen and oxygen atoms in total. The first-order valence-corrected chi connectivity index (χ1v) is 11.7. The normalized spacial score (nSPS) is 14.5. The third-order valence-corrected chi connectivity index (χ3v) is 7.83. The topological polar surface area (TPSA) is 84.3 Å². The predicted molar refractivity (Wildman–Crippen MR) is 111 cm³/mol. The third-order valence-electron chi connectivity index (χ3n) is 4.96. The molecule has 9 heteroatoms. The maximum atomic E-state index is 13.1. The van der Waals surface area contributed by atoms with Gasteiger partial charge in [-0.3, -0.25) is 9.48 Å². The molecule has 1 aromatic carbocycles. The van der Waals surface area contributed by atoms with Crippen LogP contribution in [0.15, 0.2) is 53.0 Å². The lowest BCUT2D eigenvalue weighted by Gasteiger charge is -2.26. The molecule has 4 rings (SSSR count). The first-order valence-electron chi connectivity index (χ1n) is 9.34. The SMILES string of the molecule is Cn1cc(CCNC(=O)c2cccc(S(=O)(=O)N3CCc4sccc4C3)c2)cn1. The van der Waals surface area contributed by atoms with Crippen molar-refractivity contribution in [1.29, 1.82) is 0 Å². The second-order valence-corrected chi connectivity index (χ2v) is 9.95. The van der Waals surface area contributed by atoms with Crippen LogP contribution in [-0.2, 0) is 36.5 Å². The van der Waals surface area contributed by atoms with Crippen molar-refractivity contribution in [2.24, 2.45) is 7.05 Å². The van der Waals surface area contributed by atoms with Crippen LogP contribution < -0.4 is 5.32 Å². The highest BCUT2D eigenvalue weighted by molar-refractivity contribution is 7.89. The number of thiophene rings is 1. The van der Waals surface area contributed by atoms with E-state index in [4.69, 9.17) is 0 Å². The zero-order chi connectivity index (χ0) is 20.4. The number of carbonyl (C=O) groups excluding carboxylic acids is 1. The van der Waals surface area contributed by atoms with Crippen LogP contribution in [0.3, 0.4) is 0 Å². The van der Waals surface area contributed by atoms with Gasteiger partial charge in [0.15, 0.2) is 0 Å². The predicted octanol–water partition coefficient (Wildman–Crippen LogP) is 2.20. The van der Waals surface area contributed by atoms with Crippen LogP contribution in [-0.4, -0.2) is 41.5 Å². The summed E-state index contributed by atoms with van der Waals surface area (Å²) in [6, 6.07) is 8.23. The fourth-order valence-electron chi connectivity index (χ4n) is 3.40. The molecule has 0 saturated carbocycles. The van der Waals surface area contributed by atoms with E-state index in [1.165, 1.54) is 15.2 Å². The van der Waals surface area contributed by atoms with Crippen LogP contribution in [0.5, 0.6) is 0 Å². The van der Waals surface area contributed by atoms with Gasteiger partial charge in [0.1, 0.15) is 0 Å². The highest BCUT2D eigenvalue weighted by Gasteiger charge is 2.29. The molecule has 0 bridgehead atoms. The quantitative estimate of drug-likeness (QED) is 0.650. The molecule has 0 atom stereocenters. The lowest BCUT2D eigenvalue weighted by atomic mass is 10.1. The summed E-state index contributed by atoms with van der Waals surface area (Å²) in [6.45, 7) is 1.29. The monoisotopic (exact) mass is 430 g/mol. The van der Waals surface area contributed by atoms with E-state index in [2.05, 4.69) is 10.4 Å². The van der Waals surface area contributed by atoms with Crippen molar-refractivity contribution in [3.05, 3.63) is 69.7 Å². The van der Waals surface area contributed by atoms with Crippen molar-refractivity contribution in [3.8, 4) is 0 Å². The minimum absolute atomic E-state index is 0.149. The molecule has 3 heterocycles.